The number of rotatable bonds is 0. The van der Waals surface area contributed by atoms with Crippen LogP contribution in [0.15, 0.2) is 22.8 Å². The van der Waals surface area contributed by atoms with Gasteiger partial charge in [-0.05, 0) is 31.9 Å². The van der Waals surface area contributed by atoms with Crippen molar-refractivity contribution in [3.8, 4) is 12.3 Å². The minimum absolute atomic E-state index is 1.04. The van der Waals surface area contributed by atoms with E-state index in [0.717, 1.165) is 5.92 Å². The third-order valence-electron chi connectivity index (χ3n) is 2.07. The zero-order chi connectivity index (χ0) is 7.72. The van der Waals surface area contributed by atoms with Gasteiger partial charge >= 0.3 is 0 Å². The Morgan fingerprint density at radius 2 is 1.80 bits per heavy atom. The second-order valence-corrected chi connectivity index (χ2v) is 2.64. The molecule has 0 saturated carbocycles. The first kappa shape index (κ1) is 7.15. The van der Waals surface area contributed by atoms with Crippen LogP contribution in [0, 0.1) is 18.3 Å². The molecule has 1 rings (SSSR count). The Hall–Kier alpha value is -0.960. The van der Waals surface area contributed by atoms with E-state index < -0.39 is 0 Å². The highest BCUT2D eigenvalue weighted by atomic mass is 14.2. The molecule has 1 radical (unpaired) electrons. The Bertz CT molecular complexity index is 246. The van der Waals surface area contributed by atoms with Crippen LogP contribution in [0.25, 0.3) is 0 Å². The van der Waals surface area contributed by atoms with Crippen molar-refractivity contribution < 1.29 is 0 Å². The summed E-state index contributed by atoms with van der Waals surface area (Å²) >= 11 is 0. The van der Waals surface area contributed by atoms with Crippen molar-refractivity contribution in [2.45, 2.75) is 20.8 Å². The average Bonchev–Trinajstić information content (AvgIpc) is 2.17. The lowest BCUT2D eigenvalue weighted by Gasteiger charge is -1.98. The quantitative estimate of drug-likeness (QED) is 0.443. The Morgan fingerprint density at radius 3 is 2.00 bits per heavy atom. The van der Waals surface area contributed by atoms with Crippen LogP contribution >= 0.6 is 0 Å². The van der Waals surface area contributed by atoms with Gasteiger partial charge in [0.05, 0.1) is 5.92 Å². The van der Waals surface area contributed by atoms with E-state index in [9.17, 15) is 0 Å². The Kier molecular flexibility index (Phi) is 1.68. The molecule has 1 aliphatic carbocycles. The molecule has 0 atom stereocenters. The lowest BCUT2D eigenvalue weighted by atomic mass is 10.0. The second kappa shape index (κ2) is 2.34. The Morgan fingerprint density at radius 1 is 1.20 bits per heavy atom. The van der Waals surface area contributed by atoms with Crippen molar-refractivity contribution >= 4 is 0 Å². The van der Waals surface area contributed by atoms with Gasteiger partial charge in [0.2, 0.25) is 0 Å². The standard InChI is InChI=1S/C10H11/c1-5-10-6-7(2)8(3)9(10)4/h1,6H,2-4H3. The van der Waals surface area contributed by atoms with E-state index in [1.807, 2.05) is 0 Å². The maximum Gasteiger partial charge on any atom is 0.0947 e. The van der Waals surface area contributed by atoms with Crippen LogP contribution < -0.4 is 0 Å². The Balaban J connectivity index is 3.03. The third-order valence-corrected chi connectivity index (χ3v) is 2.07. The first-order chi connectivity index (χ1) is 4.66. The molecule has 0 unspecified atom stereocenters. The van der Waals surface area contributed by atoms with Crippen molar-refractivity contribution in [3.63, 3.8) is 0 Å². The average molecular weight is 131 g/mol. The van der Waals surface area contributed by atoms with Crippen LogP contribution in [-0.4, -0.2) is 0 Å². The van der Waals surface area contributed by atoms with E-state index >= 15 is 0 Å². The summed E-state index contributed by atoms with van der Waals surface area (Å²) in [6.45, 7) is 6.26. The van der Waals surface area contributed by atoms with Crippen molar-refractivity contribution in [2.24, 2.45) is 0 Å². The lowest BCUT2D eigenvalue weighted by molar-refractivity contribution is 1.29. The molecule has 0 aromatic heterocycles. The summed E-state index contributed by atoms with van der Waals surface area (Å²) in [6, 6.07) is 0. The molecule has 0 amide bonds. The van der Waals surface area contributed by atoms with Gasteiger partial charge in [0, 0.05) is 0 Å². The molecule has 0 fully saturated rings. The summed E-state index contributed by atoms with van der Waals surface area (Å²) in [6.07, 6.45) is 7.34. The Labute approximate surface area is 62.6 Å². The van der Waals surface area contributed by atoms with Gasteiger partial charge in [0.15, 0.2) is 0 Å². The van der Waals surface area contributed by atoms with Gasteiger partial charge in [-0.1, -0.05) is 17.6 Å². The van der Waals surface area contributed by atoms with Crippen LogP contribution in [0.5, 0.6) is 0 Å². The fourth-order valence-electron chi connectivity index (χ4n) is 1.08. The molecule has 10 heavy (non-hydrogen) atoms. The van der Waals surface area contributed by atoms with Gasteiger partial charge in [-0.25, -0.2) is 0 Å². The largest absolute Gasteiger partial charge is 0.119 e. The summed E-state index contributed by atoms with van der Waals surface area (Å²) in [5.74, 6) is 3.69. The number of hydrogen-bond donors (Lipinski definition) is 0. The van der Waals surface area contributed by atoms with Gasteiger partial charge in [0.25, 0.3) is 0 Å². The molecule has 1 aliphatic rings. The molecule has 0 saturated heterocycles. The van der Waals surface area contributed by atoms with Crippen molar-refractivity contribution in [1.29, 1.82) is 0 Å². The van der Waals surface area contributed by atoms with Gasteiger partial charge in [0.1, 0.15) is 0 Å². The van der Waals surface area contributed by atoms with E-state index in [4.69, 9.17) is 6.42 Å². The summed E-state index contributed by atoms with van der Waals surface area (Å²) in [7, 11) is 0. The molecule has 0 N–H and O–H groups in total. The molecule has 0 aromatic carbocycles. The molecular weight excluding hydrogens is 120 g/mol. The van der Waals surface area contributed by atoms with Crippen LogP contribution in [0.4, 0.5) is 0 Å². The van der Waals surface area contributed by atoms with Crippen molar-refractivity contribution in [3.05, 3.63) is 28.7 Å². The molecule has 0 nitrogen and oxygen atoms in total. The summed E-state index contributed by atoms with van der Waals surface area (Å²) in [4.78, 5) is 0. The molecule has 0 aromatic rings. The number of allylic oxidation sites excluding steroid dienone is 4. The fourth-order valence-corrected chi connectivity index (χ4v) is 1.08. The normalized spacial score (nSPS) is 19.2. The monoisotopic (exact) mass is 131 g/mol. The smallest absolute Gasteiger partial charge is 0.0947 e. The van der Waals surface area contributed by atoms with Gasteiger partial charge in [-0.3, -0.25) is 0 Å². The lowest BCUT2D eigenvalue weighted by Crippen LogP contribution is -1.86. The van der Waals surface area contributed by atoms with Crippen molar-refractivity contribution in [1.82, 2.24) is 0 Å². The van der Waals surface area contributed by atoms with E-state index in [-0.39, 0.29) is 0 Å². The number of terminal acetylenes is 1. The van der Waals surface area contributed by atoms with E-state index in [0.29, 0.717) is 0 Å². The van der Waals surface area contributed by atoms with Crippen LogP contribution in [0.3, 0.4) is 0 Å². The maximum atomic E-state index is 5.28. The predicted octanol–water partition coefficient (Wildman–Crippen LogP) is 2.49. The SMILES string of the molecule is C#C[C]1C=C(C)C(C)=C1C. The van der Waals surface area contributed by atoms with Crippen LogP contribution in [-0.2, 0) is 0 Å². The maximum absolute atomic E-state index is 5.28. The topological polar surface area (TPSA) is 0 Å². The van der Waals surface area contributed by atoms with E-state index in [2.05, 4.69) is 32.8 Å². The predicted molar refractivity (Wildman–Crippen MR) is 44.2 cm³/mol. The highest BCUT2D eigenvalue weighted by Crippen LogP contribution is 2.30. The van der Waals surface area contributed by atoms with Crippen molar-refractivity contribution in [2.75, 3.05) is 0 Å². The van der Waals surface area contributed by atoms with Gasteiger partial charge in [-0.2, -0.15) is 0 Å². The molecule has 0 heterocycles. The third kappa shape index (κ3) is 0.885. The number of hydrogen-bond acceptors (Lipinski definition) is 0. The summed E-state index contributed by atoms with van der Waals surface area (Å²) in [5.41, 5.74) is 3.87. The summed E-state index contributed by atoms with van der Waals surface area (Å²) < 4.78 is 0. The van der Waals surface area contributed by atoms with Gasteiger partial charge < -0.3 is 0 Å². The van der Waals surface area contributed by atoms with Crippen LogP contribution in [0.2, 0.25) is 0 Å². The highest BCUT2D eigenvalue weighted by Gasteiger charge is 2.15. The first-order valence-electron chi connectivity index (χ1n) is 3.37. The zero-order valence-corrected chi connectivity index (χ0v) is 6.65. The second-order valence-electron chi connectivity index (χ2n) is 2.64. The van der Waals surface area contributed by atoms with Crippen LogP contribution in [0.1, 0.15) is 20.8 Å². The molecule has 0 spiro atoms. The fraction of sp³-hybridized carbons (Fsp3) is 0.300. The van der Waals surface area contributed by atoms with E-state index in [1.54, 1.807) is 0 Å². The minimum Gasteiger partial charge on any atom is -0.119 e. The molecule has 0 bridgehead atoms. The molecule has 51 valence electrons. The minimum atomic E-state index is 1.04. The highest BCUT2D eigenvalue weighted by molar-refractivity contribution is 5.58. The molecular formula is C10H11. The molecule has 0 heteroatoms. The molecule has 0 aliphatic heterocycles. The summed E-state index contributed by atoms with van der Waals surface area (Å²) in [5, 5.41) is 0. The van der Waals surface area contributed by atoms with E-state index in [1.165, 1.54) is 16.7 Å². The first-order valence-corrected chi connectivity index (χ1v) is 3.37. The van der Waals surface area contributed by atoms with Gasteiger partial charge in [-0.15, -0.1) is 6.42 Å². The zero-order valence-electron chi connectivity index (χ0n) is 6.65.